The van der Waals surface area contributed by atoms with Crippen molar-refractivity contribution in [1.82, 2.24) is 5.32 Å². The highest BCUT2D eigenvalue weighted by Crippen LogP contribution is 2.21. The van der Waals surface area contributed by atoms with Crippen LogP contribution in [0, 0.1) is 0 Å². The molecule has 0 atom stereocenters. The quantitative estimate of drug-likeness (QED) is 0.419. The molecule has 174 valence electrons. The standard InChI is InChI=1S/C21H18Cl2N2O8/c1-31-20(29)11-3-5-14(21(30)32-2)16(7-11)25-17(26)10-33-18(27)9-24-19(28)13-6-4-12(22)8-15(13)23/h3-8H,9-10H2,1-2H3,(H,24,28)(H,25,26). The maximum atomic E-state index is 12.2. The molecule has 10 nitrogen and oxygen atoms in total. The van der Waals surface area contributed by atoms with E-state index in [1.165, 1.54) is 43.5 Å². The molecule has 0 radical (unpaired) electrons. The molecule has 0 saturated carbocycles. The van der Waals surface area contributed by atoms with Crippen LogP contribution in [0.4, 0.5) is 5.69 Å². The van der Waals surface area contributed by atoms with Crippen LogP contribution < -0.4 is 10.6 Å². The number of anilines is 1. The number of carbonyl (C=O) groups is 5. The van der Waals surface area contributed by atoms with Gasteiger partial charge >= 0.3 is 17.9 Å². The second-order valence-corrected chi connectivity index (χ2v) is 7.10. The number of hydrogen-bond donors (Lipinski definition) is 2. The summed E-state index contributed by atoms with van der Waals surface area (Å²) in [6.07, 6.45) is 0. The second-order valence-electron chi connectivity index (χ2n) is 6.26. The van der Waals surface area contributed by atoms with Gasteiger partial charge in [-0.1, -0.05) is 23.2 Å². The molecule has 0 aliphatic rings. The Morgan fingerprint density at radius 3 is 2.18 bits per heavy atom. The van der Waals surface area contributed by atoms with Gasteiger partial charge in [-0.2, -0.15) is 0 Å². The van der Waals surface area contributed by atoms with Crippen molar-refractivity contribution in [1.29, 1.82) is 0 Å². The van der Waals surface area contributed by atoms with Gasteiger partial charge in [0.15, 0.2) is 6.61 Å². The van der Waals surface area contributed by atoms with Crippen LogP contribution in [0.1, 0.15) is 31.1 Å². The Labute approximate surface area is 198 Å². The van der Waals surface area contributed by atoms with Gasteiger partial charge in [-0.15, -0.1) is 0 Å². The van der Waals surface area contributed by atoms with E-state index in [4.69, 9.17) is 27.9 Å². The van der Waals surface area contributed by atoms with Crippen LogP contribution in [0.5, 0.6) is 0 Å². The van der Waals surface area contributed by atoms with Gasteiger partial charge in [0, 0.05) is 5.02 Å². The fourth-order valence-corrected chi connectivity index (χ4v) is 2.98. The molecule has 0 aliphatic carbocycles. The van der Waals surface area contributed by atoms with Crippen LogP contribution in [0.2, 0.25) is 10.0 Å². The number of ether oxygens (including phenoxy) is 3. The third-order valence-corrected chi connectivity index (χ3v) is 4.60. The third kappa shape index (κ3) is 7.19. The highest BCUT2D eigenvalue weighted by molar-refractivity contribution is 6.36. The zero-order chi connectivity index (χ0) is 24.5. The molecular weight excluding hydrogens is 479 g/mol. The second kappa shape index (κ2) is 11.8. The number of rotatable bonds is 8. The minimum Gasteiger partial charge on any atom is -0.465 e. The average molecular weight is 497 g/mol. The summed E-state index contributed by atoms with van der Waals surface area (Å²) in [6.45, 7) is -1.25. The Morgan fingerprint density at radius 1 is 0.879 bits per heavy atom. The summed E-state index contributed by atoms with van der Waals surface area (Å²) in [5.41, 5.74) is 0.0990. The van der Waals surface area contributed by atoms with E-state index in [0.29, 0.717) is 5.02 Å². The normalized spacial score (nSPS) is 10.1. The fraction of sp³-hybridized carbons (Fsp3) is 0.190. The summed E-state index contributed by atoms with van der Waals surface area (Å²) in [5, 5.41) is 5.11. The maximum Gasteiger partial charge on any atom is 0.339 e. The molecule has 0 fully saturated rings. The number of nitrogens with one attached hydrogen (secondary N) is 2. The van der Waals surface area contributed by atoms with Crippen molar-refractivity contribution in [2.75, 3.05) is 32.7 Å². The van der Waals surface area contributed by atoms with Crippen molar-refractivity contribution in [3.8, 4) is 0 Å². The zero-order valence-electron chi connectivity index (χ0n) is 17.4. The number of esters is 3. The minimum absolute atomic E-state index is 0.0306. The molecule has 2 amide bonds. The van der Waals surface area contributed by atoms with Gasteiger partial charge in [-0.3, -0.25) is 14.4 Å². The van der Waals surface area contributed by atoms with E-state index < -0.39 is 42.9 Å². The lowest BCUT2D eigenvalue weighted by Gasteiger charge is -2.12. The fourth-order valence-electron chi connectivity index (χ4n) is 2.49. The molecule has 2 aromatic rings. The minimum atomic E-state index is -0.903. The molecule has 12 heteroatoms. The van der Waals surface area contributed by atoms with Crippen molar-refractivity contribution in [3.63, 3.8) is 0 Å². The molecule has 0 aromatic heterocycles. The summed E-state index contributed by atoms with van der Waals surface area (Å²) < 4.78 is 14.1. The lowest BCUT2D eigenvalue weighted by atomic mass is 10.1. The van der Waals surface area contributed by atoms with E-state index in [0.717, 1.165) is 7.11 Å². The van der Waals surface area contributed by atoms with Gasteiger partial charge in [0.1, 0.15) is 6.54 Å². The molecule has 2 N–H and O–H groups in total. The van der Waals surface area contributed by atoms with Crippen molar-refractivity contribution >= 4 is 58.6 Å². The van der Waals surface area contributed by atoms with Crippen molar-refractivity contribution in [2.45, 2.75) is 0 Å². The topological polar surface area (TPSA) is 137 Å². The summed E-state index contributed by atoms with van der Waals surface area (Å²) in [5.74, 6) is -3.80. The first-order valence-electron chi connectivity index (χ1n) is 9.15. The van der Waals surface area contributed by atoms with Crippen LogP contribution >= 0.6 is 23.2 Å². The van der Waals surface area contributed by atoms with Gasteiger partial charge < -0.3 is 24.8 Å². The molecule has 2 rings (SSSR count). The Morgan fingerprint density at radius 2 is 1.55 bits per heavy atom. The van der Waals surface area contributed by atoms with Crippen molar-refractivity contribution < 1.29 is 38.2 Å². The first kappa shape index (κ1) is 25.6. The smallest absolute Gasteiger partial charge is 0.339 e. The summed E-state index contributed by atoms with van der Waals surface area (Å²) in [6, 6.07) is 8.04. The molecule has 0 heterocycles. The molecule has 0 spiro atoms. The third-order valence-electron chi connectivity index (χ3n) is 4.05. The first-order valence-corrected chi connectivity index (χ1v) is 9.91. The average Bonchev–Trinajstić information content (AvgIpc) is 2.80. The Kier molecular flexibility index (Phi) is 9.19. The molecule has 2 aromatic carbocycles. The van der Waals surface area contributed by atoms with E-state index in [2.05, 4.69) is 20.1 Å². The highest BCUT2D eigenvalue weighted by Gasteiger charge is 2.18. The Hall–Kier alpha value is -3.63. The first-order chi connectivity index (χ1) is 15.7. The largest absolute Gasteiger partial charge is 0.465 e. The SMILES string of the molecule is COC(=O)c1ccc(C(=O)OC)c(NC(=O)COC(=O)CNC(=O)c2ccc(Cl)cc2Cl)c1. The van der Waals surface area contributed by atoms with E-state index in [1.807, 2.05) is 0 Å². The van der Waals surface area contributed by atoms with E-state index >= 15 is 0 Å². The van der Waals surface area contributed by atoms with Gasteiger partial charge in [0.2, 0.25) is 0 Å². The van der Waals surface area contributed by atoms with Gasteiger partial charge in [-0.05, 0) is 36.4 Å². The molecule has 0 saturated heterocycles. The van der Waals surface area contributed by atoms with Crippen molar-refractivity contribution in [2.24, 2.45) is 0 Å². The van der Waals surface area contributed by atoms with Crippen LogP contribution in [0.25, 0.3) is 0 Å². The maximum absolute atomic E-state index is 12.2. The number of methoxy groups -OCH3 is 2. The van der Waals surface area contributed by atoms with Crippen LogP contribution in [0.3, 0.4) is 0 Å². The lowest BCUT2D eigenvalue weighted by Crippen LogP contribution is -2.32. The van der Waals surface area contributed by atoms with Gasteiger partial charge in [0.05, 0.1) is 41.6 Å². The predicted molar refractivity (Wildman–Crippen MR) is 118 cm³/mol. The summed E-state index contributed by atoms with van der Waals surface area (Å²) in [7, 11) is 2.32. The lowest BCUT2D eigenvalue weighted by molar-refractivity contribution is -0.146. The number of amides is 2. The van der Waals surface area contributed by atoms with E-state index in [9.17, 15) is 24.0 Å². The zero-order valence-corrected chi connectivity index (χ0v) is 18.9. The summed E-state index contributed by atoms with van der Waals surface area (Å²) >= 11 is 11.7. The molecular formula is C21H18Cl2N2O8. The molecule has 0 aliphatic heterocycles. The Bertz CT molecular complexity index is 1100. The van der Waals surface area contributed by atoms with Crippen LogP contribution in [-0.4, -0.2) is 57.1 Å². The monoisotopic (exact) mass is 496 g/mol. The highest BCUT2D eigenvalue weighted by atomic mass is 35.5. The van der Waals surface area contributed by atoms with Crippen LogP contribution in [0.15, 0.2) is 36.4 Å². The van der Waals surface area contributed by atoms with Crippen molar-refractivity contribution in [3.05, 3.63) is 63.1 Å². The molecule has 0 unspecified atom stereocenters. The van der Waals surface area contributed by atoms with E-state index in [1.54, 1.807) is 0 Å². The van der Waals surface area contributed by atoms with Crippen LogP contribution in [-0.2, 0) is 23.8 Å². The van der Waals surface area contributed by atoms with E-state index in [-0.39, 0.29) is 27.4 Å². The summed E-state index contributed by atoms with van der Waals surface area (Å²) in [4.78, 5) is 59.8. The number of hydrogen-bond acceptors (Lipinski definition) is 8. The Balaban J connectivity index is 1.95. The van der Waals surface area contributed by atoms with Gasteiger partial charge in [0.25, 0.3) is 11.8 Å². The molecule has 0 bridgehead atoms. The van der Waals surface area contributed by atoms with Gasteiger partial charge in [-0.25, -0.2) is 9.59 Å². The number of benzene rings is 2. The molecule has 33 heavy (non-hydrogen) atoms. The predicted octanol–water partition coefficient (Wildman–Crippen LogP) is 2.48. The number of carbonyl (C=O) groups excluding carboxylic acids is 5. The number of halogens is 2.